The fourth-order valence-corrected chi connectivity index (χ4v) is 4.08. The number of nitrogens with zero attached hydrogens (tertiary/aromatic N) is 2. The molecule has 0 saturated carbocycles. The Morgan fingerprint density at radius 1 is 1.42 bits per heavy atom. The highest BCUT2D eigenvalue weighted by Gasteiger charge is 2.31. The number of rotatable bonds is 3. The Labute approximate surface area is 113 Å². The van der Waals surface area contributed by atoms with Crippen LogP contribution in [-0.4, -0.2) is 41.1 Å². The van der Waals surface area contributed by atoms with Crippen LogP contribution in [0.3, 0.4) is 0 Å². The Balaban J connectivity index is 2.31. The van der Waals surface area contributed by atoms with Gasteiger partial charge in [-0.2, -0.15) is 9.40 Å². The average molecular weight is 287 g/mol. The molecule has 0 amide bonds. The van der Waals surface area contributed by atoms with Crippen molar-refractivity contribution in [1.29, 1.82) is 0 Å². The van der Waals surface area contributed by atoms with Crippen LogP contribution in [-0.2, 0) is 16.6 Å². The Bertz CT molecular complexity index is 538. The smallest absolute Gasteiger partial charge is 0.262 e. The SMILES string of the molecule is Cc1[nH]nc(S(=O)(=O)N2CCCC(C)CC2)c1CO. The molecule has 1 aromatic heterocycles. The van der Waals surface area contributed by atoms with Crippen LogP contribution in [0, 0.1) is 12.8 Å². The lowest BCUT2D eigenvalue weighted by molar-refractivity contribution is 0.277. The van der Waals surface area contributed by atoms with E-state index in [1.165, 1.54) is 4.31 Å². The van der Waals surface area contributed by atoms with Crippen LogP contribution >= 0.6 is 0 Å². The average Bonchev–Trinajstić information content (AvgIpc) is 2.60. The van der Waals surface area contributed by atoms with Gasteiger partial charge in [0.1, 0.15) is 0 Å². The van der Waals surface area contributed by atoms with Gasteiger partial charge in [-0.3, -0.25) is 5.10 Å². The Morgan fingerprint density at radius 2 is 2.16 bits per heavy atom. The molecule has 2 rings (SSSR count). The van der Waals surface area contributed by atoms with Crippen LogP contribution in [0.15, 0.2) is 5.03 Å². The highest BCUT2D eigenvalue weighted by atomic mass is 32.2. The van der Waals surface area contributed by atoms with Crippen LogP contribution in [0.25, 0.3) is 0 Å². The quantitative estimate of drug-likeness (QED) is 0.869. The third-order valence-electron chi connectivity index (χ3n) is 3.75. The molecule has 2 heterocycles. The first kappa shape index (κ1) is 14.5. The minimum absolute atomic E-state index is 0.0259. The second kappa shape index (κ2) is 5.60. The first-order chi connectivity index (χ1) is 8.96. The zero-order valence-corrected chi connectivity index (χ0v) is 12.2. The summed E-state index contributed by atoms with van der Waals surface area (Å²) in [6.07, 6.45) is 2.80. The molecule has 0 aromatic carbocycles. The van der Waals surface area contributed by atoms with Gasteiger partial charge in [-0.05, 0) is 32.1 Å². The maximum Gasteiger partial charge on any atom is 0.262 e. The molecular formula is C12H21N3O3S. The summed E-state index contributed by atoms with van der Waals surface area (Å²) in [4.78, 5) is 0. The summed E-state index contributed by atoms with van der Waals surface area (Å²) < 4.78 is 26.6. The van der Waals surface area contributed by atoms with Crippen molar-refractivity contribution in [1.82, 2.24) is 14.5 Å². The van der Waals surface area contributed by atoms with E-state index in [0.717, 1.165) is 19.3 Å². The van der Waals surface area contributed by atoms with Crippen molar-refractivity contribution in [2.45, 2.75) is 44.7 Å². The predicted octanol–water partition coefficient (Wildman–Crippen LogP) is 1.02. The van der Waals surface area contributed by atoms with Gasteiger partial charge in [-0.25, -0.2) is 8.42 Å². The number of aryl methyl sites for hydroxylation is 1. The standard InChI is InChI=1S/C12H21N3O3S/c1-9-4-3-6-15(7-5-9)19(17,18)12-11(8-16)10(2)13-14-12/h9,16H,3-8H2,1-2H3,(H,13,14). The molecule has 7 heteroatoms. The van der Waals surface area contributed by atoms with Gasteiger partial charge >= 0.3 is 0 Å². The molecule has 0 spiro atoms. The summed E-state index contributed by atoms with van der Waals surface area (Å²) in [6.45, 7) is 4.60. The number of aromatic nitrogens is 2. The molecule has 108 valence electrons. The maximum absolute atomic E-state index is 12.6. The molecule has 2 N–H and O–H groups in total. The number of aromatic amines is 1. The van der Waals surface area contributed by atoms with Crippen LogP contribution < -0.4 is 0 Å². The maximum atomic E-state index is 12.6. The minimum atomic E-state index is -3.60. The molecule has 1 aliphatic rings. The fraction of sp³-hybridized carbons (Fsp3) is 0.750. The number of hydrogen-bond acceptors (Lipinski definition) is 4. The van der Waals surface area contributed by atoms with Gasteiger partial charge in [0.15, 0.2) is 5.03 Å². The third kappa shape index (κ3) is 2.82. The van der Waals surface area contributed by atoms with Crippen molar-refractivity contribution in [3.63, 3.8) is 0 Å². The first-order valence-corrected chi connectivity index (χ1v) is 8.05. The normalized spacial score (nSPS) is 22.4. The number of aliphatic hydroxyl groups excluding tert-OH is 1. The van der Waals surface area contributed by atoms with Crippen molar-refractivity contribution in [2.24, 2.45) is 5.92 Å². The molecule has 19 heavy (non-hydrogen) atoms. The van der Waals surface area contributed by atoms with Gasteiger partial charge in [0.2, 0.25) is 0 Å². The van der Waals surface area contributed by atoms with Crippen molar-refractivity contribution >= 4 is 10.0 Å². The number of nitrogens with one attached hydrogen (secondary N) is 1. The van der Waals surface area contributed by atoms with Gasteiger partial charge in [-0.1, -0.05) is 6.92 Å². The second-order valence-corrected chi connectivity index (χ2v) is 7.08. The van der Waals surface area contributed by atoms with E-state index in [2.05, 4.69) is 17.1 Å². The summed E-state index contributed by atoms with van der Waals surface area (Å²) in [5.74, 6) is 0.554. The Kier molecular flexibility index (Phi) is 4.27. The Hall–Kier alpha value is -0.920. The highest BCUT2D eigenvalue weighted by Crippen LogP contribution is 2.24. The first-order valence-electron chi connectivity index (χ1n) is 6.61. The topological polar surface area (TPSA) is 86.3 Å². The van der Waals surface area contributed by atoms with Gasteiger partial charge in [-0.15, -0.1) is 0 Å². The zero-order valence-electron chi connectivity index (χ0n) is 11.4. The van der Waals surface area contributed by atoms with Crippen molar-refractivity contribution in [3.05, 3.63) is 11.3 Å². The lowest BCUT2D eigenvalue weighted by Gasteiger charge is -2.19. The van der Waals surface area contributed by atoms with Gasteiger partial charge in [0.25, 0.3) is 10.0 Å². The van der Waals surface area contributed by atoms with E-state index in [4.69, 9.17) is 0 Å². The molecule has 1 saturated heterocycles. The predicted molar refractivity (Wildman–Crippen MR) is 71.0 cm³/mol. The summed E-state index contributed by atoms with van der Waals surface area (Å²) >= 11 is 0. The minimum Gasteiger partial charge on any atom is -0.392 e. The van der Waals surface area contributed by atoms with Crippen LogP contribution in [0.5, 0.6) is 0 Å². The molecule has 0 aliphatic carbocycles. The molecule has 1 aromatic rings. The molecule has 1 aliphatic heterocycles. The lowest BCUT2D eigenvalue weighted by Crippen LogP contribution is -2.33. The molecule has 1 unspecified atom stereocenters. The van der Waals surface area contributed by atoms with Gasteiger partial charge < -0.3 is 5.11 Å². The monoisotopic (exact) mass is 287 g/mol. The second-order valence-electron chi connectivity index (χ2n) is 5.23. The molecule has 6 nitrogen and oxygen atoms in total. The lowest BCUT2D eigenvalue weighted by atomic mass is 10.0. The summed E-state index contributed by atoms with van der Waals surface area (Å²) in [5.41, 5.74) is 0.974. The third-order valence-corrected chi connectivity index (χ3v) is 5.63. The largest absolute Gasteiger partial charge is 0.392 e. The van der Waals surface area contributed by atoms with E-state index >= 15 is 0 Å². The van der Waals surface area contributed by atoms with E-state index in [9.17, 15) is 13.5 Å². The van der Waals surface area contributed by atoms with Gasteiger partial charge in [0.05, 0.1) is 6.61 Å². The number of aliphatic hydroxyl groups is 1. The van der Waals surface area contributed by atoms with Crippen molar-refractivity contribution < 1.29 is 13.5 Å². The number of hydrogen-bond donors (Lipinski definition) is 2. The van der Waals surface area contributed by atoms with E-state index in [-0.39, 0.29) is 11.6 Å². The van der Waals surface area contributed by atoms with Crippen LogP contribution in [0.4, 0.5) is 0 Å². The van der Waals surface area contributed by atoms with Crippen molar-refractivity contribution in [3.8, 4) is 0 Å². The molecule has 0 bridgehead atoms. The zero-order chi connectivity index (χ0) is 14.0. The highest BCUT2D eigenvalue weighted by molar-refractivity contribution is 7.89. The molecule has 1 atom stereocenters. The summed E-state index contributed by atoms with van der Waals surface area (Å²) in [7, 11) is -3.60. The van der Waals surface area contributed by atoms with E-state index in [0.29, 0.717) is 30.3 Å². The molecular weight excluding hydrogens is 266 g/mol. The molecule has 1 fully saturated rings. The van der Waals surface area contributed by atoms with Crippen molar-refractivity contribution in [2.75, 3.05) is 13.1 Å². The van der Waals surface area contributed by atoms with Crippen LogP contribution in [0.1, 0.15) is 37.4 Å². The number of H-pyrrole nitrogens is 1. The van der Waals surface area contributed by atoms with E-state index in [1.807, 2.05) is 0 Å². The van der Waals surface area contributed by atoms with Crippen LogP contribution in [0.2, 0.25) is 0 Å². The van der Waals surface area contributed by atoms with E-state index in [1.54, 1.807) is 6.92 Å². The Morgan fingerprint density at radius 3 is 2.84 bits per heavy atom. The molecule has 0 radical (unpaired) electrons. The fourth-order valence-electron chi connectivity index (χ4n) is 2.43. The van der Waals surface area contributed by atoms with E-state index < -0.39 is 10.0 Å². The summed E-state index contributed by atoms with van der Waals surface area (Å²) in [6, 6.07) is 0. The van der Waals surface area contributed by atoms with Gasteiger partial charge in [0, 0.05) is 24.3 Å². The number of sulfonamides is 1. The summed E-state index contributed by atoms with van der Waals surface area (Å²) in [5, 5.41) is 15.8.